The average Bonchev–Trinajstić information content (AvgIpc) is 3.19. The van der Waals surface area contributed by atoms with E-state index in [-0.39, 0.29) is 6.61 Å². The molecule has 27 heavy (non-hydrogen) atoms. The van der Waals surface area contributed by atoms with E-state index >= 15 is 0 Å². The number of carbonyl (C=O) groups is 1. The molecule has 0 radical (unpaired) electrons. The van der Waals surface area contributed by atoms with Crippen LogP contribution in [-0.2, 0) is 9.47 Å². The summed E-state index contributed by atoms with van der Waals surface area (Å²) in [4.78, 5) is 19.4. The van der Waals surface area contributed by atoms with Crippen LogP contribution in [0.5, 0.6) is 11.5 Å². The molecule has 0 fully saturated rings. The fourth-order valence-corrected chi connectivity index (χ4v) is 2.41. The van der Waals surface area contributed by atoms with Crippen LogP contribution in [0.1, 0.15) is 10.4 Å². The van der Waals surface area contributed by atoms with E-state index in [1.54, 1.807) is 37.7 Å². The van der Waals surface area contributed by atoms with Crippen LogP contribution >= 0.6 is 0 Å². The van der Waals surface area contributed by atoms with Crippen LogP contribution in [-0.4, -0.2) is 43.3 Å². The first-order valence-corrected chi connectivity index (χ1v) is 8.46. The van der Waals surface area contributed by atoms with E-state index in [2.05, 4.69) is 15.3 Å². The Hall–Kier alpha value is -3.32. The summed E-state index contributed by atoms with van der Waals surface area (Å²) >= 11 is 0. The molecule has 1 aromatic carbocycles. The SMILES string of the molecule is CNc1ccc(Oc2ccnc(-c3cc(C(=O)OCCOC)c[nH]3)c2)cc1. The number of ether oxygens (including phenoxy) is 3. The number of benzene rings is 1. The van der Waals surface area contributed by atoms with Crippen molar-refractivity contribution in [1.29, 1.82) is 0 Å². The Kier molecular flexibility index (Phi) is 6.06. The van der Waals surface area contributed by atoms with Gasteiger partial charge >= 0.3 is 5.97 Å². The smallest absolute Gasteiger partial charge is 0.339 e. The molecule has 140 valence electrons. The van der Waals surface area contributed by atoms with Crippen LogP contribution in [0, 0.1) is 0 Å². The van der Waals surface area contributed by atoms with Crippen LogP contribution in [0.15, 0.2) is 54.9 Å². The quantitative estimate of drug-likeness (QED) is 0.466. The zero-order chi connectivity index (χ0) is 19.1. The maximum Gasteiger partial charge on any atom is 0.339 e. The molecular weight excluding hydrogens is 346 g/mol. The van der Waals surface area contributed by atoms with Crippen molar-refractivity contribution in [2.24, 2.45) is 0 Å². The summed E-state index contributed by atoms with van der Waals surface area (Å²) in [6.45, 7) is 0.572. The molecule has 0 atom stereocenters. The highest BCUT2D eigenvalue weighted by molar-refractivity contribution is 5.90. The number of aromatic amines is 1. The van der Waals surface area contributed by atoms with Crippen molar-refractivity contribution in [3.63, 3.8) is 0 Å². The molecule has 7 heteroatoms. The average molecular weight is 367 g/mol. The zero-order valence-electron chi connectivity index (χ0n) is 15.2. The predicted octanol–water partition coefficient (Wildman–Crippen LogP) is 3.71. The van der Waals surface area contributed by atoms with E-state index in [0.29, 0.717) is 29.3 Å². The Morgan fingerprint density at radius 1 is 1.11 bits per heavy atom. The summed E-state index contributed by atoms with van der Waals surface area (Å²) in [5, 5.41) is 3.06. The molecule has 2 N–H and O–H groups in total. The number of carbonyl (C=O) groups excluding carboxylic acids is 1. The summed E-state index contributed by atoms with van der Waals surface area (Å²) in [5.41, 5.74) is 2.80. The van der Waals surface area contributed by atoms with Crippen molar-refractivity contribution in [2.75, 3.05) is 32.7 Å². The summed E-state index contributed by atoms with van der Waals surface area (Å²) < 4.78 is 15.8. The monoisotopic (exact) mass is 367 g/mol. The van der Waals surface area contributed by atoms with Gasteiger partial charge in [-0.25, -0.2) is 4.79 Å². The van der Waals surface area contributed by atoms with Gasteiger partial charge < -0.3 is 24.5 Å². The van der Waals surface area contributed by atoms with E-state index in [0.717, 1.165) is 11.4 Å². The third-order valence-corrected chi connectivity index (χ3v) is 3.83. The van der Waals surface area contributed by atoms with Gasteiger partial charge in [0.25, 0.3) is 0 Å². The van der Waals surface area contributed by atoms with Gasteiger partial charge in [0.05, 0.1) is 23.6 Å². The molecule has 2 aromatic heterocycles. The second-order valence-corrected chi connectivity index (χ2v) is 5.68. The second-order valence-electron chi connectivity index (χ2n) is 5.68. The van der Waals surface area contributed by atoms with E-state index in [1.165, 1.54) is 0 Å². The minimum absolute atomic E-state index is 0.212. The first kappa shape index (κ1) is 18.5. The van der Waals surface area contributed by atoms with Crippen LogP contribution < -0.4 is 10.1 Å². The summed E-state index contributed by atoms with van der Waals surface area (Å²) in [5.74, 6) is 0.961. The Labute approximate surface area is 157 Å². The van der Waals surface area contributed by atoms with Crippen molar-refractivity contribution in [1.82, 2.24) is 9.97 Å². The highest BCUT2D eigenvalue weighted by Crippen LogP contribution is 2.26. The van der Waals surface area contributed by atoms with Crippen LogP contribution in [0.2, 0.25) is 0 Å². The van der Waals surface area contributed by atoms with E-state index in [9.17, 15) is 4.79 Å². The first-order chi connectivity index (χ1) is 13.2. The Morgan fingerprint density at radius 2 is 1.93 bits per heavy atom. The molecule has 0 amide bonds. The largest absolute Gasteiger partial charge is 0.460 e. The summed E-state index contributed by atoms with van der Waals surface area (Å²) in [6, 6.07) is 12.9. The van der Waals surface area contributed by atoms with Crippen LogP contribution in [0.4, 0.5) is 5.69 Å². The normalized spacial score (nSPS) is 10.4. The third kappa shape index (κ3) is 4.86. The lowest BCUT2D eigenvalue weighted by atomic mass is 10.2. The van der Waals surface area contributed by atoms with Gasteiger partial charge in [-0.15, -0.1) is 0 Å². The lowest BCUT2D eigenvalue weighted by Crippen LogP contribution is -2.08. The number of aromatic nitrogens is 2. The van der Waals surface area contributed by atoms with Crippen LogP contribution in [0.3, 0.4) is 0 Å². The summed E-state index contributed by atoms with van der Waals surface area (Å²) in [6.07, 6.45) is 3.25. The van der Waals surface area contributed by atoms with Gasteiger partial charge in [-0.1, -0.05) is 0 Å². The number of rotatable bonds is 8. The number of anilines is 1. The van der Waals surface area contributed by atoms with Crippen molar-refractivity contribution in [3.8, 4) is 22.9 Å². The lowest BCUT2D eigenvalue weighted by Gasteiger charge is -2.07. The molecule has 0 aliphatic heterocycles. The van der Waals surface area contributed by atoms with E-state index < -0.39 is 5.97 Å². The van der Waals surface area contributed by atoms with Gasteiger partial charge in [0.1, 0.15) is 18.1 Å². The fourth-order valence-electron chi connectivity index (χ4n) is 2.41. The molecule has 3 aromatic rings. The molecule has 0 bridgehead atoms. The number of nitrogens with zero attached hydrogens (tertiary/aromatic N) is 1. The molecule has 3 rings (SSSR count). The van der Waals surface area contributed by atoms with Gasteiger partial charge in [-0.2, -0.15) is 0 Å². The van der Waals surface area contributed by atoms with Crippen LogP contribution in [0.25, 0.3) is 11.4 Å². The number of pyridine rings is 1. The zero-order valence-corrected chi connectivity index (χ0v) is 15.2. The molecule has 0 saturated heterocycles. The number of hydrogen-bond acceptors (Lipinski definition) is 6. The molecule has 7 nitrogen and oxygen atoms in total. The molecule has 0 aliphatic carbocycles. The van der Waals surface area contributed by atoms with E-state index in [4.69, 9.17) is 14.2 Å². The number of hydrogen-bond donors (Lipinski definition) is 2. The Bertz CT molecular complexity index is 890. The minimum atomic E-state index is -0.411. The molecule has 0 aliphatic rings. The molecule has 0 saturated carbocycles. The lowest BCUT2D eigenvalue weighted by molar-refractivity contribution is 0.0388. The van der Waals surface area contributed by atoms with Crippen molar-refractivity contribution >= 4 is 11.7 Å². The van der Waals surface area contributed by atoms with Gasteiger partial charge in [-0.3, -0.25) is 4.98 Å². The maximum atomic E-state index is 12.0. The van der Waals surface area contributed by atoms with Gasteiger partial charge in [-0.05, 0) is 36.4 Å². The summed E-state index contributed by atoms with van der Waals surface area (Å²) in [7, 11) is 3.42. The van der Waals surface area contributed by atoms with E-state index in [1.807, 2.05) is 31.3 Å². The maximum absolute atomic E-state index is 12.0. The minimum Gasteiger partial charge on any atom is -0.460 e. The van der Waals surface area contributed by atoms with Gasteiger partial charge in [0, 0.05) is 38.3 Å². The molecule has 2 heterocycles. The fraction of sp³-hybridized carbons (Fsp3) is 0.200. The van der Waals surface area contributed by atoms with Crippen molar-refractivity contribution in [3.05, 3.63) is 60.4 Å². The molecule has 0 unspecified atom stereocenters. The molecule has 0 spiro atoms. The highest BCUT2D eigenvalue weighted by Gasteiger charge is 2.12. The van der Waals surface area contributed by atoms with Gasteiger partial charge in [0.2, 0.25) is 0 Å². The predicted molar refractivity (Wildman–Crippen MR) is 102 cm³/mol. The Balaban J connectivity index is 1.70. The standard InChI is InChI=1S/C20H21N3O4/c1-21-15-3-5-16(6-4-15)27-17-7-8-22-19(12-17)18-11-14(13-23-18)20(24)26-10-9-25-2/h3-8,11-13,21,23H,9-10H2,1-2H3. The third-order valence-electron chi connectivity index (χ3n) is 3.83. The highest BCUT2D eigenvalue weighted by atomic mass is 16.6. The Morgan fingerprint density at radius 3 is 2.67 bits per heavy atom. The topological polar surface area (TPSA) is 85.5 Å². The second kappa shape index (κ2) is 8.86. The van der Waals surface area contributed by atoms with Crippen molar-refractivity contribution in [2.45, 2.75) is 0 Å². The van der Waals surface area contributed by atoms with Gasteiger partial charge in [0.15, 0.2) is 0 Å². The van der Waals surface area contributed by atoms with Crippen molar-refractivity contribution < 1.29 is 19.0 Å². The molecular formula is C20H21N3O4. The number of methoxy groups -OCH3 is 1. The number of esters is 1. The first-order valence-electron chi connectivity index (χ1n) is 8.46. The number of nitrogens with one attached hydrogen (secondary N) is 2. The number of H-pyrrole nitrogens is 1.